The molecule has 1 aliphatic rings. The van der Waals surface area contributed by atoms with Crippen molar-refractivity contribution in [2.45, 2.75) is 57.3 Å². The lowest BCUT2D eigenvalue weighted by atomic mass is 10.1. The Bertz CT molecular complexity index is 1290. The van der Waals surface area contributed by atoms with Crippen LogP contribution in [-0.2, 0) is 19.6 Å². The first-order chi connectivity index (χ1) is 18.6. The van der Waals surface area contributed by atoms with Gasteiger partial charge in [-0.05, 0) is 60.9 Å². The van der Waals surface area contributed by atoms with Crippen LogP contribution in [0.1, 0.15) is 57.9 Å². The van der Waals surface area contributed by atoms with E-state index in [1.807, 2.05) is 16.9 Å². The molecule has 1 aliphatic heterocycles. The van der Waals surface area contributed by atoms with Crippen LogP contribution in [0.25, 0.3) is 6.08 Å². The van der Waals surface area contributed by atoms with E-state index >= 15 is 0 Å². The quantitative estimate of drug-likeness (QED) is 0.171. The highest BCUT2D eigenvalue weighted by atomic mass is 32.2. The maximum absolute atomic E-state index is 13.1. The minimum atomic E-state index is -4.21. The minimum absolute atomic E-state index is 0.162. The molecule has 2 aromatic carbocycles. The highest BCUT2D eigenvalue weighted by molar-refractivity contribution is 8.26. The van der Waals surface area contributed by atoms with Gasteiger partial charge in [-0.2, -0.15) is 0 Å². The second-order valence-electron chi connectivity index (χ2n) is 9.24. The Balaban J connectivity index is 1.65. The molecule has 0 saturated carbocycles. The van der Waals surface area contributed by atoms with E-state index in [-0.39, 0.29) is 9.22 Å². The number of carbonyl (C=O) groups is 2. The summed E-state index contributed by atoms with van der Waals surface area (Å²) in [6.45, 7) is 5.86. The van der Waals surface area contributed by atoms with Gasteiger partial charge in [0.2, 0.25) is 0 Å². The SMILES string of the molecule is CCCCCN(CCCCC)c1ccc(C=C2SC(=S)N(CC(=O)NS(=O)(=O)c3ccc(F)cc3)C2=O)cc1. The zero-order valence-corrected chi connectivity index (χ0v) is 24.6. The third-order valence-electron chi connectivity index (χ3n) is 6.17. The van der Waals surface area contributed by atoms with E-state index in [0.717, 1.165) is 78.1 Å². The van der Waals surface area contributed by atoms with Gasteiger partial charge in [-0.15, -0.1) is 0 Å². The summed E-state index contributed by atoms with van der Waals surface area (Å²) in [6.07, 6.45) is 8.74. The molecule has 1 fully saturated rings. The summed E-state index contributed by atoms with van der Waals surface area (Å²) in [6, 6.07) is 12.1. The maximum atomic E-state index is 13.1. The fraction of sp³-hybridized carbons (Fsp3) is 0.393. The van der Waals surface area contributed by atoms with Gasteiger partial charge in [0, 0.05) is 18.8 Å². The Labute approximate surface area is 239 Å². The Morgan fingerprint density at radius 1 is 1.00 bits per heavy atom. The molecule has 0 aliphatic carbocycles. The van der Waals surface area contributed by atoms with E-state index < -0.39 is 34.2 Å². The predicted molar refractivity (Wildman–Crippen MR) is 159 cm³/mol. The Morgan fingerprint density at radius 3 is 2.15 bits per heavy atom. The van der Waals surface area contributed by atoms with Crippen molar-refractivity contribution in [1.29, 1.82) is 0 Å². The predicted octanol–water partition coefficient (Wildman–Crippen LogP) is 5.72. The van der Waals surface area contributed by atoms with Crippen molar-refractivity contribution in [2.75, 3.05) is 24.5 Å². The zero-order chi connectivity index (χ0) is 28.4. The molecule has 1 heterocycles. The number of unbranched alkanes of at least 4 members (excludes halogenated alkanes) is 4. The van der Waals surface area contributed by atoms with Crippen molar-refractivity contribution in [3.63, 3.8) is 0 Å². The van der Waals surface area contributed by atoms with E-state index in [2.05, 4.69) is 30.9 Å². The molecular weight excluding hydrogens is 558 g/mol. The number of amides is 2. The van der Waals surface area contributed by atoms with E-state index in [0.29, 0.717) is 4.91 Å². The molecule has 0 spiro atoms. The molecule has 0 bridgehead atoms. The van der Waals surface area contributed by atoms with Crippen LogP contribution in [0, 0.1) is 5.82 Å². The first kappa shape index (κ1) is 30.8. The van der Waals surface area contributed by atoms with Crippen LogP contribution in [0.15, 0.2) is 58.3 Å². The van der Waals surface area contributed by atoms with Crippen molar-refractivity contribution in [3.8, 4) is 0 Å². The maximum Gasteiger partial charge on any atom is 0.266 e. The van der Waals surface area contributed by atoms with Gasteiger partial charge < -0.3 is 4.90 Å². The number of sulfonamides is 1. The lowest BCUT2D eigenvalue weighted by Gasteiger charge is -2.25. The van der Waals surface area contributed by atoms with Crippen LogP contribution in [0.5, 0.6) is 0 Å². The molecule has 2 amide bonds. The highest BCUT2D eigenvalue weighted by Crippen LogP contribution is 2.32. The second kappa shape index (κ2) is 14.6. The van der Waals surface area contributed by atoms with Crippen LogP contribution < -0.4 is 9.62 Å². The number of thioether (sulfide) groups is 1. The van der Waals surface area contributed by atoms with Gasteiger partial charge in [0.15, 0.2) is 0 Å². The first-order valence-electron chi connectivity index (χ1n) is 13.1. The van der Waals surface area contributed by atoms with Crippen LogP contribution >= 0.6 is 24.0 Å². The molecular formula is C28H34FN3O4S3. The molecule has 0 aromatic heterocycles. The number of carbonyl (C=O) groups excluding carboxylic acids is 2. The third-order valence-corrected chi connectivity index (χ3v) is 8.93. The Hall–Kier alpha value is -2.76. The number of rotatable bonds is 14. The van der Waals surface area contributed by atoms with E-state index in [9.17, 15) is 22.4 Å². The van der Waals surface area contributed by atoms with Crippen molar-refractivity contribution in [2.24, 2.45) is 0 Å². The number of benzene rings is 2. The monoisotopic (exact) mass is 591 g/mol. The number of nitrogens with zero attached hydrogens (tertiary/aromatic N) is 2. The zero-order valence-electron chi connectivity index (χ0n) is 22.2. The van der Waals surface area contributed by atoms with Crippen molar-refractivity contribution >= 4 is 61.9 Å². The van der Waals surface area contributed by atoms with Crippen LogP contribution in [0.4, 0.5) is 10.1 Å². The van der Waals surface area contributed by atoms with Gasteiger partial charge >= 0.3 is 0 Å². The number of nitrogens with one attached hydrogen (secondary N) is 1. The standard InChI is InChI=1S/C28H34FN3O4S3/c1-3-5-7-17-31(18-8-6-4-2)23-13-9-21(10-14-23)19-25-27(34)32(28(37)38-25)20-26(33)30-39(35,36)24-15-11-22(29)12-16-24/h9-16,19H,3-8,17-18,20H2,1-2H3,(H,30,33). The number of hydrogen-bond acceptors (Lipinski definition) is 7. The lowest BCUT2D eigenvalue weighted by Crippen LogP contribution is -2.41. The smallest absolute Gasteiger partial charge is 0.266 e. The number of halogens is 1. The molecule has 11 heteroatoms. The molecule has 0 radical (unpaired) electrons. The topological polar surface area (TPSA) is 86.8 Å². The summed E-state index contributed by atoms with van der Waals surface area (Å²) < 4.78 is 40.0. The van der Waals surface area contributed by atoms with E-state index in [4.69, 9.17) is 12.2 Å². The average Bonchev–Trinajstić information content (AvgIpc) is 3.15. The second-order valence-corrected chi connectivity index (χ2v) is 12.6. The minimum Gasteiger partial charge on any atom is -0.372 e. The molecule has 1 saturated heterocycles. The normalized spacial score (nSPS) is 14.7. The van der Waals surface area contributed by atoms with Gasteiger partial charge in [-0.3, -0.25) is 14.5 Å². The molecule has 0 unspecified atom stereocenters. The largest absolute Gasteiger partial charge is 0.372 e. The molecule has 7 nitrogen and oxygen atoms in total. The van der Waals surface area contributed by atoms with E-state index in [1.54, 1.807) is 6.08 Å². The summed E-state index contributed by atoms with van der Waals surface area (Å²) in [5, 5.41) is 0. The van der Waals surface area contributed by atoms with E-state index in [1.165, 1.54) is 25.7 Å². The van der Waals surface area contributed by atoms with Gasteiger partial charge in [0.25, 0.3) is 21.8 Å². The summed E-state index contributed by atoms with van der Waals surface area (Å²) in [4.78, 5) is 29.0. The van der Waals surface area contributed by atoms with Crippen LogP contribution in [0.2, 0.25) is 0 Å². The van der Waals surface area contributed by atoms with Crippen molar-refractivity contribution < 1.29 is 22.4 Å². The van der Waals surface area contributed by atoms with Gasteiger partial charge in [-0.1, -0.05) is 75.6 Å². The molecule has 0 atom stereocenters. The average molecular weight is 592 g/mol. The lowest BCUT2D eigenvalue weighted by molar-refractivity contribution is -0.127. The van der Waals surface area contributed by atoms with Crippen molar-refractivity contribution in [1.82, 2.24) is 9.62 Å². The molecule has 1 N–H and O–H groups in total. The fourth-order valence-electron chi connectivity index (χ4n) is 4.04. The first-order valence-corrected chi connectivity index (χ1v) is 15.8. The summed E-state index contributed by atoms with van der Waals surface area (Å²) in [5.74, 6) is -1.99. The number of anilines is 1. The van der Waals surface area contributed by atoms with Crippen LogP contribution in [0.3, 0.4) is 0 Å². The Morgan fingerprint density at radius 2 is 1.59 bits per heavy atom. The van der Waals surface area contributed by atoms with Gasteiger partial charge in [-0.25, -0.2) is 17.5 Å². The fourth-order valence-corrected chi connectivity index (χ4v) is 6.27. The van der Waals surface area contributed by atoms with Crippen molar-refractivity contribution in [3.05, 3.63) is 64.8 Å². The molecule has 3 rings (SSSR count). The third kappa shape index (κ3) is 8.87. The highest BCUT2D eigenvalue weighted by Gasteiger charge is 2.34. The number of hydrogen-bond donors (Lipinski definition) is 1. The van der Waals surface area contributed by atoms with Gasteiger partial charge in [0.05, 0.1) is 9.80 Å². The number of thiocarbonyl (C=S) groups is 1. The molecule has 210 valence electrons. The summed E-state index contributed by atoms with van der Waals surface area (Å²) in [7, 11) is -4.21. The molecule has 2 aromatic rings. The summed E-state index contributed by atoms with van der Waals surface area (Å²) in [5.41, 5.74) is 1.97. The van der Waals surface area contributed by atoms with Crippen LogP contribution in [-0.4, -0.2) is 49.1 Å². The van der Waals surface area contributed by atoms with Gasteiger partial charge in [0.1, 0.15) is 16.7 Å². The Kier molecular flexibility index (Phi) is 11.5. The molecule has 39 heavy (non-hydrogen) atoms. The summed E-state index contributed by atoms with van der Waals surface area (Å²) >= 11 is 6.34.